The van der Waals surface area contributed by atoms with Gasteiger partial charge in [0.25, 0.3) is 0 Å². The molecule has 3 saturated heterocycles. The van der Waals surface area contributed by atoms with Crippen LogP contribution in [0.25, 0.3) is 0 Å². The van der Waals surface area contributed by atoms with Crippen molar-refractivity contribution in [3.05, 3.63) is 217 Å². The first kappa shape index (κ1) is 85.5. The highest BCUT2D eigenvalue weighted by molar-refractivity contribution is 7.90. The van der Waals surface area contributed by atoms with Crippen LogP contribution in [0.1, 0.15) is 129 Å². The number of nitrogens with one attached hydrogen (secondary N) is 3. The van der Waals surface area contributed by atoms with E-state index >= 15 is 0 Å². The fraction of sp³-hybridized carbons (Fsp3) is 0.430. The van der Waals surface area contributed by atoms with Crippen molar-refractivity contribution in [1.82, 2.24) is 28.9 Å². The number of aryl methyl sites for hydroxylation is 9. The Balaban J connectivity index is 0.000000204. The number of carbonyl (C=O) groups excluding carboxylic acids is 3. The van der Waals surface area contributed by atoms with Crippen LogP contribution in [-0.2, 0) is 73.7 Å². The fourth-order valence-electron chi connectivity index (χ4n) is 12.9. The predicted octanol–water partition coefficient (Wildman–Crippen LogP) is 13.8. The molecule has 3 heterocycles. The lowest BCUT2D eigenvalue weighted by atomic mass is 9.98. The van der Waals surface area contributed by atoms with Crippen molar-refractivity contribution in [3.8, 4) is 5.75 Å². The van der Waals surface area contributed by atoms with Crippen LogP contribution in [0, 0.1) is 59.3 Å². The summed E-state index contributed by atoms with van der Waals surface area (Å²) in [5.41, 5.74) is 7.65. The van der Waals surface area contributed by atoms with Crippen LogP contribution in [0.15, 0.2) is 171 Å². The van der Waals surface area contributed by atoms with E-state index in [0.29, 0.717) is 122 Å². The third kappa shape index (κ3) is 25.7. The molecular formula is C79H102Cl3N7O12S4. The molecule has 570 valence electrons. The fourth-order valence-corrected chi connectivity index (χ4v) is 18.7. The van der Waals surface area contributed by atoms with Crippen LogP contribution in [0.5, 0.6) is 5.75 Å². The molecule has 0 bridgehead atoms. The Hall–Kier alpha value is -6.74. The number of methoxy groups -OCH3 is 1. The van der Waals surface area contributed by atoms with Gasteiger partial charge in [-0.25, -0.2) is 38.8 Å². The van der Waals surface area contributed by atoms with Crippen LogP contribution in [0.3, 0.4) is 0 Å². The second-order valence-corrected chi connectivity index (χ2v) is 35.8. The SMILES string of the molecule is COc1ccccc1S(=O)(=O)NC(CCc1ccccc1Cl)C(=O)N1CCC(C)CC1.Cc1cc(C)cc(S(=O)(=O)NC(CCc2ccccc2Cl)C(=O)N2CCC(C)CC2)c1.Cc1ccc(C)c(S(=O)(=O)NC(CCc2ccccc2Cl)C(=O)N2CCC(C)CC2)c1.Cc1ccc(S(N)(=O)=O)c(C)c1. The maximum atomic E-state index is 13.3. The number of piperidine rings is 3. The lowest BCUT2D eigenvalue weighted by Crippen LogP contribution is -2.50. The summed E-state index contributed by atoms with van der Waals surface area (Å²) in [7, 11) is -13.8. The lowest BCUT2D eigenvalue weighted by Gasteiger charge is -2.33. The third-order valence-electron chi connectivity index (χ3n) is 19.2. The summed E-state index contributed by atoms with van der Waals surface area (Å²) in [5, 5.41) is 6.83. The highest BCUT2D eigenvalue weighted by Crippen LogP contribution is 2.29. The summed E-state index contributed by atoms with van der Waals surface area (Å²) >= 11 is 18.8. The molecular weight excluding hydrogens is 1470 g/mol. The third-order valence-corrected chi connectivity index (χ3v) is 25.9. The average Bonchev–Trinajstić information content (AvgIpc) is 0.819. The zero-order valence-electron chi connectivity index (χ0n) is 61.7. The molecule has 0 aromatic heterocycles. The number of sulfonamides is 4. The van der Waals surface area contributed by atoms with Gasteiger partial charge in [0.05, 0.1) is 21.8 Å². The van der Waals surface area contributed by atoms with E-state index in [2.05, 4.69) is 34.9 Å². The predicted molar refractivity (Wildman–Crippen MR) is 419 cm³/mol. The number of nitrogens with two attached hydrogens (primary N) is 1. The van der Waals surface area contributed by atoms with Crippen molar-refractivity contribution in [3.63, 3.8) is 0 Å². The van der Waals surface area contributed by atoms with E-state index in [9.17, 15) is 48.1 Å². The van der Waals surface area contributed by atoms with Crippen molar-refractivity contribution in [2.24, 2.45) is 22.9 Å². The normalized spacial score (nSPS) is 15.7. The number of halogens is 3. The number of rotatable bonds is 23. The second kappa shape index (κ2) is 39.4. The van der Waals surface area contributed by atoms with Gasteiger partial charge in [-0.05, 0) is 235 Å². The molecule has 3 aliphatic rings. The summed E-state index contributed by atoms with van der Waals surface area (Å²) in [4.78, 5) is 45.9. The van der Waals surface area contributed by atoms with Crippen LogP contribution in [0.2, 0.25) is 15.1 Å². The average molecular weight is 1580 g/mol. The van der Waals surface area contributed by atoms with Crippen molar-refractivity contribution >= 4 is 92.6 Å². The summed E-state index contributed by atoms with van der Waals surface area (Å²) in [6.45, 7) is 21.4. The largest absolute Gasteiger partial charge is 0.495 e. The smallest absolute Gasteiger partial charge is 0.244 e. The summed E-state index contributed by atoms with van der Waals surface area (Å²) in [6, 6.07) is 41.7. The van der Waals surface area contributed by atoms with Crippen LogP contribution in [-0.4, -0.2) is 131 Å². The van der Waals surface area contributed by atoms with E-state index in [-0.39, 0.29) is 43.1 Å². The van der Waals surface area contributed by atoms with Crippen molar-refractivity contribution in [2.75, 3.05) is 46.4 Å². The molecule has 7 aromatic rings. The number of ether oxygens (including phenoxy) is 1. The molecule has 19 nitrogen and oxygen atoms in total. The van der Waals surface area contributed by atoms with Gasteiger partial charge in [-0.3, -0.25) is 14.4 Å². The maximum absolute atomic E-state index is 13.3. The van der Waals surface area contributed by atoms with Gasteiger partial charge in [0, 0.05) is 54.3 Å². The van der Waals surface area contributed by atoms with Gasteiger partial charge < -0.3 is 19.4 Å². The molecule has 3 atom stereocenters. The summed E-state index contributed by atoms with van der Waals surface area (Å²) < 4.78 is 114. The molecule has 3 unspecified atom stereocenters. The van der Waals surface area contributed by atoms with Gasteiger partial charge in [0.15, 0.2) is 0 Å². The lowest BCUT2D eigenvalue weighted by molar-refractivity contribution is -0.135. The topological polar surface area (TPSA) is 269 Å². The molecule has 3 amide bonds. The first-order valence-corrected chi connectivity index (χ1v) is 42.7. The van der Waals surface area contributed by atoms with Gasteiger partial charge >= 0.3 is 0 Å². The minimum atomic E-state index is -3.97. The van der Waals surface area contributed by atoms with Gasteiger partial charge in [-0.15, -0.1) is 0 Å². The second-order valence-electron chi connectivity index (χ2n) is 28.0. The Bertz CT molecular complexity index is 4560. The highest BCUT2D eigenvalue weighted by atomic mass is 35.5. The monoisotopic (exact) mass is 1570 g/mol. The minimum Gasteiger partial charge on any atom is -0.495 e. The standard InChI is InChI=1S/2C24H31ClN2O3S.C23H29ClN2O4S.C8H11NO2S/c1-17-10-12-27(13-11-17)24(28)23(9-8-20-6-4-5-7-22(20)25)26-31(29,30)21-15-18(2)14-19(3)16-21;1-17-12-14-27(15-13-17)24(28)22(11-10-20-6-4-5-7-21(20)25)26-31(29,30)23-16-18(2)8-9-19(23)3;1-17-13-15-26(16-14-17)23(27)20(12-11-18-7-3-4-8-19(18)24)25-31(28,29)22-10-6-5-9-21(22)30-2;1-6-3-4-8(7(2)5-6)12(9,10)11/h4-7,14-17,23,26H,8-13H2,1-3H3;4-9,16-17,22,26H,10-15H2,1-3H3;3-10,17,20,25H,11-16H2,1-2H3;3-5H,1-2H3,(H2,9,10,11). The number of para-hydroxylation sites is 1. The maximum Gasteiger partial charge on any atom is 0.244 e. The minimum absolute atomic E-state index is 0.0142. The van der Waals surface area contributed by atoms with E-state index in [1.165, 1.54) is 19.2 Å². The number of primary sulfonamides is 1. The molecule has 0 saturated carbocycles. The Morgan fingerprint density at radius 2 is 0.762 bits per heavy atom. The molecule has 0 radical (unpaired) electrons. The Morgan fingerprint density at radius 1 is 0.419 bits per heavy atom. The Labute approximate surface area is 638 Å². The zero-order chi connectivity index (χ0) is 77.0. The molecule has 0 aliphatic carbocycles. The molecule has 7 aromatic carbocycles. The molecule has 0 spiro atoms. The van der Waals surface area contributed by atoms with E-state index < -0.39 is 58.2 Å². The molecule has 5 N–H and O–H groups in total. The van der Waals surface area contributed by atoms with Crippen molar-refractivity contribution in [1.29, 1.82) is 0 Å². The number of benzene rings is 7. The number of likely N-dealkylation sites (tertiary alicyclic amines) is 3. The van der Waals surface area contributed by atoms with E-state index in [1.54, 1.807) is 101 Å². The van der Waals surface area contributed by atoms with Crippen LogP contribution in [0.4, 0.5) is 0 Å². The number of hydrogen-bond donors (Lipinski definition) is 4. The highest BCUT2D eigenvalue weighted by Gasteiger charge is 2.35. The first-order valence-electron chi connectivity index (χ1n) is 35.6. The number of amides is 3. The quantitative estimate of drug-likeness (QED) is 0.0466. The summed E-state index contributed by atoms with van der Waals surface area (Å²) in [6.07, 6.45) is 8.09. The number of nitrogens with zero attached hydrogens (tertiary/aromatic N) is 3. The van der Waals surface area contributed by atoms with Crippen LogP contribution >= 0.6 is 34.8 Å². The van der Waals surface area contributed by atoms with Crippen molar-refractivity contribution < 1.29 is 52.8 Å². The van der Waals surface area contributed by atoms with Gasteiger partial charge in [0.1, 0.15) is 28.8 Å². The Kier molecular flexibility index (Phi) is 32.1. The molecule has 3 aliphatic heterocycles. The molecule has 10 rings (SSSR count). The van der Waals surface area contributed by atoms with Gasteiger partial charge in [0.2, 0.25) is 57.8 Å². The van der Waals surface area contributed by atoms with Crippen molar-refractivity contribution in [2.45, 2.75) is 177 Å². The van der Waals surface area contributed by atoms with E-state index in [4.69, 9.17) is 44.7 Å². The summed E-state index contributed by atoms with van der Waals surface area (Å²) in [5.74, 6) is 1.45. The van der Waals surface area contributed by atoms with Crippen LogP contribution < -0.4 is 24.0 Å². The van der Waals surface area contributed by atoms with Gasteiger partial charge in [-0.2, -0.15) is 14.2 Å². The molecule has 105 heavy (non-hydrogen) atoms. The molecule has 26 heteroatoms. The van der Waals surface area contributed by atoms with E-state index in [1.807, 2.05) is 94.4 Å². The first-order chi connectivity index (χ1) is 49.5. The number of hydrogen-bond acceptors (Lipinski definition) is 12. The Morgan fingerprint density at radius 3 is 1.13 bits per heavy atom. The van der Waals surface area contributed by atoms with Gasteiger partial charge in [-0.1, -0.05) is 158 Å². The molecule has 3 fully saturated rings. The number of carbonyl (C=O) groups is 3. The van der Waals surface area contributed by atoms with E-state index in [0.717, 1.165) is 77.5 Å². The zero-order valence-corrected chi connectivity index (χ0v) is 67.2.